The summed E-state index contributed by atoms with van der Waals surface area (Å²) in [5, 5.41) is 2.97. The maximum Gasteiger partial charge on any atom is 0.248 e. The maximum absolute atomic E-state index is 12.3. The van der Waals surface area contributed by atoms with Gasteiger partial charge in [-0.15, -0.1) is 12.6 Å². The highest BCUT2D eigenvalue weighted by Gasteiger charge is 2.56. The molecule has 0 aromatic heterocycles. The second kappa shape index (κ2) is 5.46. The zero-order valence-corrected chi connectivity index (χ0v) is 13.5. The van der Waals surface area contributed by atoms with E-state index in [1.54, 1.807) is 0 Å². The van der Waals surface area contributed by atoms with E-state index < -0.39 is 0 Å². The van der Waals surface area contributed by atoms with Crippen LogP contribution in [0.2, 0.25) is 0 Å². The first-order valence-corrected chi connectivity index (χ1v) is 8.68. The summed E-state index contributed by atoms with van der Waals surface area (Å²) in [5.41, 5.74) is 1.89. The third kappa shape index (κ3) is 2.14. The predicted octanol–water partition coefficient (Wildman–Crippen LogP) is 2.65. The molecule has 1 aromatic rings. The highest BCUT2D eigenvalue weighted by molar-refractivity contribution is 7.81. The first-order valence-electron chi connectivity index (χ1n) is 8.17. The summed E-state index contributed by atoms with van der Waals surface area (Å²) >= 11 is 4.56. The van der Waals surface area contributed by atoms with Gasteiger partial charge in [-0.25, -0.2) is 0 Å². The molecule has 2 heterocycles. The molecule has 1 atom stereocenters. The monoisotopic (exact) mass is 318 g/mol. The average molecular weight is 318 g/mol. The largest absolute Gasteiger partial charge is 0.381 e. The van der Waals surface area contributed by atoms with Gasteiger partial charge in [0.1, 0.15) is 11.0 Å². The summed E-state index contributed by atoms with van der Waals surface area (Å²) in [6, 6.07) is 8.71. The molecular formula is C17H22N2O2S. The number of rotatable bonds is 2. The van der Waals surface area contributed by atoms with Gasteiger partial charge in [-0.2, -0.15) is 0 Å². The molecule has 2 saturated heterocycles. The van der Waals surface area contributed by atoms with Crippen LogP contribution in [-0.4, -0.2) is 30.2 Å². The van der Waals surface area contributed by atoms with Crippen molar-refractivity contribution in [1.29, 1.82) is 0 Å². The molecule has 5 heteroatoms. The maximum atomic E-state index is 12.3. The van der Waals surface area contributed by atoms with Crippen LogP contribution in [0.5, 0.6) is 0 Å². The van der Waals surface area contributed by atoms with Gasteiger partial charge < -0.3 is 15.0 Å². The summed E-state index contributed by atoms with van der Waals surface area (Å²) < 4.78 is 5.44. The third-order valence-electron chi connectivity index (χ3n) is 5.43. The van der Waals surface area contributed by atoms with Crippen molar-refractivity contribution in [3.05, 3.63) is 29.8 Å². The van der Waals surface area contributed by atoms with Crippen LogP contribution >= 0.6 is 12.6 Å². The Hall–Kier alpha value is -1.20. The lowest BCUT2D eigenvalue weighted by molar-refractivity contribution is -0.126. The second-order valence-corrected chi connectivity index (χ2v) is 7.07. The van der Waals surface area contributed by atoms with E-state index in [9.17, 15) is 4.79 Å². The Morgan fingerprint density at radius 1 is 1.18 bits per heavy atom. The molecule has 0 bridgehead atoms. The summed E-state index contributed by atoms with van der Waals surface area (Å²) in [6.45, 7) is 1.72. The number of nitrogens with zero attached hydrogens (tertiary/aromatic N) is 1. The molecule has 1 amide bonds. The van der Waals surface area contributed by atoms with Crippen molar-refractivity contribution in [2.45, 2.75) is 49.1 Å². The third-order valence-corrected chi connectivity index (χ3v) is 5.79. The first kappa shape index (κ1) is 14.4. The number of amides is 1. The standard InChI is InChI=1S/C17H22N2O2S/c20-15-17(8-1-9-17)19(16(22)18-15)14-4-2-12(3-5-14)13-6-10-21-11-7-13/h2-5,13,16,22H,1,6-11H2,(H,18,20). The van der Waals surface area contributed by atoms with Gasteiger partial charge in [0.25, 0.3) is 0 Å². The van der Waals surface area contributed by atoms with E-state index >= 15 is 0 Å². The molecule has 1 saturated carbocycles. The molecule has 3 fully saturated rings. The zero-order valence-electron chi connectivity index (χ0n) is 12.6. The molecule has 22 heavy (non-hydrogen) atoms. The average Bonchev–Trinajstić information content (AvgIpc) is 2.79. The molecule has 1 aliphatic carbocycles. The number of nitrogens with one attached hydrogen (secondary N) is 1. The van der Waals surface area contributed by atoms with Crippen LogP contribution in [0.3, 0.4) is 0 Å². The molecule has 1 aromatic carbocycles. The number of carbonyl (C=O) groups is 1. The van der Waals surface area contributed by atoms with Crippen LogP contribution in [0, 0.1) is 0 Å². The Bertz CT molecular complexity index is 565. The minimum absolute atomic E-state index is 0.132. The molecule has 1 N–H and O–H groups in total. The van der Waals surface area contributed by atoms with E-state index in [0.717, 1.165) is 51.0 Å². The van der Waals surface area contributed by atoms with Crippen LogP contribution < -0.4 is 10.2 Å². The van der Waals surface area contributed by atoms with Gasteiger partial charge in [0.05, 0.1) is 0 Å². The van der Waals surface area contributed by atoms with Gasteiger partial charge in [0.2, 0.25) is 5.91 Å². The first-order chi connectivity index (χ1) is 10.7. The Kier molecular flexibility index (Phi) is 3.57. The number of thiol groups is 1. The van der Waals surface area contributed by atoms with Crippen molar-refractivity contribution in [2.24, 2.45) is 0 Å². The Labute approximate surface area is 136 Å². The van der Waals surface area contributed by atoms with Crippen molar-refractivity contribution in [3.8, 4) is 0 Å². The van der Waals surface area contributed by atoms with Crippen LogP contribution in [0.25, 0.3) is 0 Å². The van der Waals surface area contributed by atoms with E-state index in [-0.39, 0.29) is 16.9 Å². The van der Waals surface area contributed by atoms with Crippen molar-refractivity contribution in [3.63, 3.8) is 0 Å². The molecule has 3 aliphatic rings. The van der Waals surface area contributed by atoms with Gasteiger partial charge in [0, 0.05) is 18.9 Å². The van der Waals surface area contributed by atoms with Crippen LogP contribution in [0.1, 0.15) is 43.6 Å². The van der Waals surface area contributed by atoms with Crippen LogP contribution in [-0.2, 0) is 9.53 Å². The lowest BCUT2D eigenvalue weighted by Crippen LogP contribution is -2.55. The fourth-order valence-corrected chi connectivity index (χ4v) is 4.44. The van der Waals surface area contributed by atoms with Crippen LogP contribution in [0.15, 0.2) is 24.3 Å². The summed E-state index contributed by atoms with van der Waals surface area (Å²) in [6.07, 6.45) is 5.17. The summed E-state index contributed by atoms with van der Waals surface area (Å²) in [5.74, 6) is 0.734. The smallest absolute Gasteiger partial charge is 0.248 e. The Morgan fingerprint density at radius 3 is 2.45 bits per heavy atom. The minimum atomic E-state index is -0.355. The van der Waals surface area contributed by atoms with E-state index in [4.69, 9.17) is 4.74 Å². The van der Waals surface area contributed by atoms with E-state index in [1.165, 1.54) is 5.56 Å². The molecule has 4 rings (SSSR count). The molecule has 2 aliphatic heterocycles. The molecule has 118 valence electrons. The van der Waals surface area contributed by atoms with Crippen molar-refractivity contribution in [1.82, 2.24) is 5.32 Å². The molecule has 1 spiro atoms. The lowest BCUT2D eigenvalue weighted by Gasteiger charge is -2.44. The van der Waals surface area contributed by atoms with Crippen molar-refractivity contribution < 1.29 is 9.53 Å². The highest BCUT2D eigenvalue weighted by Crippen LogP contribution is 2.45. The minimum Gasteiger partial charge on any atom is -0.381 e. The van der Waals surface area contributed by atoms with E-state index in [0.29, 0.717) is 5.92 Å². The van der Waals surface area contributed by atoms with Gasteiger partial charge in [-0.3, -0.25) is 4.79 Å². The number of hydrogen-bond donors (Lipinski definition) is 2. The summed E-state index contributed by atoms with van der Waals surface area (Å²) in [4.78, 5) is 14.4. The Morgan fingerprint density at radius 2 is 1.86 bits per heavy atom. The number of anilines is 1. The lowest BCUT2D eigenvalue weighted by atomic mass is 9.75. The molecule has 0 radical (unpaired) electrons. The number of benzene rings is 1. The van der Waals surface area contributed by atoms with E-state index in [2.05, 4.69) is 47.1 Å². The number of hydrogen-bond acceptors (Lipinski definition) is 4. The van der Waals surface area contributed by atoms with E-state index in [1.807, 2.05) is 0 Å². The Balaban J connectivity index is 1.58. The van der Waals surface area contributed by atoms with Gasteiger partial charge >= 0.3 is 0 Å². The summed E-state index contributed by atoms with van der Waals surface area (Å²) in [7, 11) is 0. The fraction of sp³-hybridized carbons (Fsp3) is 0.588. The van der Waals surface area contributed by atoms with Gasteiger partial charge in [-0.1, -0.05) is 12.1 Å². The van der Waals surface area contributed by atoms with Gasteiger partial charge in [-0.05, 0) is 55.7 Å². The number of ether oxygens (including phenoxy) is 1. The molecule has 4 nitrogen and oxygen atoms in total. The second-order valence-electron chi connectivity index (χ2n) is 6.58. The quantitative estimate of drug-likeness (QED) is 0.824. The molecular weight excluding hydrogens is 296 g/mol. The number of carbonyl (C=O) groups excluding carboxylic acids is 1. The zero-order chi connectivity index (χ0) is 15.2. The normalized spacial score (nSPS) is 27.8. The van der Waals surface area contributed by atoms with Crippen molar-refractivity contribution in [2.75, 3.05) is 18.1 Å². The van der Waals surface area contributed by atoms with Gasteiger partial charge in [0.15, 0.2) is 0 Å². The SMILES string of the molecule is O=C1NC(S)N(c2ccc(C3CCOCC3)cc2)C12CCC2. The molecule has 1 unspecified atom stereocenters. The van der Waals surface area contributed by atoms with Crippen molar-refractivity contribution >= 4 is 24.2 Å². The fourth-order valence-electron chi connectivity index (χ4n) is 3.97. The predicted molar refractivity (Wildman–Crippen MR) is 89.2 cm³/mol. The topological polar surface area (TPSA) is 41.6 Å². The van der Waals surface area contributed by atoms with Crippen LogP contribution in [0.4, 0.5) is 5.69 Å². The highest BCUT2D eigenvalue weighted by atomic mass is 32.1.